The summed E-state index contributed by atoms with van der Waals surface area (Å²) in [4.78, 5) is 2.35. The number of rotatable bonds is 5. The van der Waals surface area contributed by atoms with Gasteiger partial charge in [-0.2, -0.15) is 0 Å². The molecule has 0 spiro atoms. The number of benzene rings is 1. The van der Waals surface area contributed by atoms with Crippen LogP contribution in [0.4, 0.5) is 5.69 Å². The fourth-order valence-electron chi connectivity index (χ4n) is 2.48. The molecule has 3 heteroatoms. The summed E-state index contributed by atoms with van der Waals surface area (Å²) < 4.78 is 5.48. The number of nitrogens with two attached hydrogens (primary N) is 1. The van der Waals surface area contributed by atoms with Crippen molar-refractivity contribution < 1.29 is 4.74 Å². The van der Waals surface area contributed by atoms with Gasteiger partial charge in [-0.1, -0.05) is 25.1 Å². The molecule has 100 valence electrons. The smallest absolute Gasteiger partial charge is 0.0670 e. The first kappa shape index (κ1) is 13.4. The molecule has 2 N–H and O–H groups in total. The molecule has 0 bridgehead atoms. The van der Waals surface area contributed by atoms with E-state index in [1.807, 2.05) is 0 Å². The maximum absolute atomic E-state index is 6.08. The number of hydrogen-bond acceptors (Lipinski definition) is 3. The predicted molar refractivity (Wildman–Crippen MR) is 76.0 cm³/mol. The van der Waals surface area contributed by atoms with Crippen LogP contribution in [-0.2, 0) is 11.2 Å². The van der Waals surface area contributed by atoms with Crippen LogP contribution in [0.25, 0.3) is 0 Å². The summed E-state index contributed by atoms with van der Waals surface area (Å²) in [6, 6.07) is 9.33. The third-order valence-electron chi connectivity index (χ3n) is 3.83. The standard InChI is InChI=1S/C15H24N2O/c1-3-13(16)10-12-6-4-5-7-15(12)17(2)14-8-9-18-11-14/h4-7,13-14H,3,8-11,16H2,1-2H3. The van der Waals surface area contributed by atoms with Gasteiger partial charge in [-0.3, -0.25) is 0 Å². The molecule has 1 aromatic rings. The second-order valence-corrected chi connectivity index (χ2v) is 5.13. The first-order valence-electron chi connectivity index (χ1n) is 6.86. The van der Waals surface area contributed by atoms with E-state index in [1.54, 1.807) is 0 Å². The van der Waals surface area contributed by atoms with Crippen LogP contribution >= 0.6 is 0 Å². The minimum absolute atomic E-state index is 0.249. The minimum atomic E-state index is 0.249. The fraction of sp³-hybridized carbons (Fsp3) is 0.600. The van der Waals surface area contributed by atoms with Gasteiger partial charge in [0.25, 0.3) is 0 Å². The lowest BCUT2D eigenvalue weighted by Crippen LogP contribution is -2.33. The predicted octanol–water partition coefficient (Wildman–Crippen LogP) is 2.19. The highest BCUT2D eigenvalue weighted by atomic mass is 16.5. The van der Waals surface area contributed by atoms with E-state index in [0.29, 0.717) is 6.04 Å². The van der Waals surface area contributed by atoms with Crippen molar-refractivity contribution in [1.82, 2.24) is 0 Å². The van der Waals surface area contributed by atoms with Gasteiger partial charge >= 0.3 is 0 Å². The van der Waals surface area contributed by atoms with Crippen molar-refractivity contribution >= 4 is 5.69 Å². The van der Waals surface area contributed by atoms with Crippen molar-refractivity contribution in [2.45, 2.75) is 38.3 Å². The zero-order chi connectivity index (χ0) is 13.0. The quantitative estimate of drug-likeness (QED) is 0.868. The molecule has 0 aromatic heterocycles. The van der Waals surface area contributed by atoms with Crippen molar-refractivity contribution in [3.63, 3.8) is 0 Å². The molecule has 1 aromatic carbocycles. The Morgan fingerprint density at radius 2 is 2.22 bits per heavy atom. The lowest BCUT2D eigenvalue weighted by Gasteiger charge is -2.28. The van der Waals surface area contributed by atoms with Crippen LogP contribution in [0.2, 0.25) is 0 Å². The van der Waals surface area contributed by atoms with Crippen LogP contribution in [0.5, 0.6) is 0 Å². The maximum atomic E-state index is 6.08. The molecule has 1 fully saturated rings. The van der Waals surface area contributed by atoms with Crippen LogP contribution in [0.15, 0.2) is 24.3 Å². The molecule has 0 amide bonds. The molecular weight excluding hydrogens is 224 g/mol. The second-order valence-electron chi connectivity index (χ2n) is 5.13. The number of likely N-dealkylation sites (N-methyl/N-ethyl adjacent to an activating group) is 1. The summed E-state index contributed by atoms with van der Waals surface area (Å²) in [6.07, 6.45) is 3.08. The normalized spacial score (nSPS) is 20.9. The topological polar surface area (TPSA) is 38.5 Å². The van der Waals surface area contributed by atoms with Gasteiger partial charge in [0, 0.05) is 25.4 Å². The van der Waals surface area contributed by atoms with Gasteiger partial charge in [0.2, 0.25) is 0 Å². The summed E-state index contributed by atoms with van der Waals surface area (Å²) >= 11 is 0. The Kier molecular flexibility index (Phi) is 4.61. The van der Waals surface area contributed by atoms with Crippen LogP contribution in [-0.4, -0.2) is 32.3 Å². The van der Waals surface area contributed by atoms with Crippen molar-refractivity contribution in [3.05, 3.63) is 29.8 Å². The third-order valence-corrected chi connectivity index (χ3v) is 3.83. The van der Waals surface area contributed by atoms with Crippen LogP contribution in [0, 0.1) is 0 Å². The Labute approximate surface area is 110 Å². The van der Waals surface area contributed by atoms with Crippen LogP contribution in [0.1, 0.15) is 25.3 Å². The zero-order valence-electron chi connectivity index (χ0n) is 11.4. The summed E-state index contributed by atoms with van der Waals surface area (Å²) in [7, 11) is 2.16. The van der Waals surface area contributed by atoms with Gasteiger partial charge in [0.1, 0.15) is 0 Å². The van der Waals surface area contributed by atoms with Gasteiger partial charge in [-0.05, 0) is 30.9 Å². The minimum Gasteiger partial charge on any atom is -0.379 e. The average molecular weight is 248 g/mol. The molecule has 2 unspecified atom stereocenters. The number of ether oxygens (including phenoxy) is 1. The number of anilines is 1. The van der Waals surface area contributed by atoms with Crippen molar-refractivity contribution in [2.24, 2.45) is 5.73 Å². The Balaban J connectivity index is 2.15. The average Bonchev–Trinajstić information content (AvgIpc) is 2.92. The van der Waals surface area contributed by atoms with Crippen molar-refractivity contribution in [1.29, 1.82) is 0 Å². The highest BCUT2D eigenvalue weighted by Crippen LogP contribution is 2.25. The molecule has 0 aliphatic carbocycles. The van der Waals surface area contributed by atoms with E-state index in [-0.39, 0.29) is 6.04 Å². The molecule has 1 aliphatic heterocycles. The number of para-hydroxylation sites is 1. The Morgan fingerprint density at radius 3 is 2.89 bits per heavy atom. The molecule has 3 nitrogen and oxygen atoms in total. The summed E-state index contributed by atoms with van der Waals surface area (Å²) in [5.41, 5.74) is 8.74. The summed E-state index contributed by atoms with van der Waals surface area (Å²) in [6.45, 7) is 3.86. The molecule has 1 saturated heterocycles. The highest BCUT2D eigenvalue weighted by Gasteiger charge is 2.22. The highest BCUT2D eigenvalue weighted by molar-refractivity contribution is 5.54. The van der Waals surface area contributed by atoms with Gasteiger partial charge in [0.05, 0.1) is 12.6 Å². The van der Waals surface area contributed by atoms with Gasteiger partial charge < -0.3 is 15.4 Å². The third kappa shape index (κ3) is 3.03. The zero-order valence-corrected chi connectivity index (χ0v) is 11.4. The molecule has 0 saturated carbocycles. The Bertz CT molecular complexity index is 375. The lowest BCUT2D eigenvalue weighted by molar-refractivity contribution is 0.193. The van der Waals surface area contributed by atoms with E-state index >= 15 is 0 Å². The van der Waals surface area contributed by atoms with Crippen LogP contribution in [0.3, 0.4) is 0 Å². The van der Waals surface area contributed by atoms with E-state index in [1.165, 1.54) is 11.3 Å². The van der Waals surface area contributed by atoms with Gasteiger partial charge in [-0.25, -0.2) is 0 Å². The molecule has 0 radical (unpaired) electrons. The Hall–Kier alpha value is -1.06. The van der Waals surface area contributed by atoms with Crippen molar-refractivity contribution in [3.8, 4) is 0 Å². The number of hydrogen-bond donors (Lipinski definition) is 1. The Morgan fingerprint density at radius 1 is 1.44 bits per heavy atom. The summed E-state index contributed by atoms with van der Waals surface area (Å²) in [5, 5.41) is 0. The summed E-state index contributed by atoms with van der Waals surface area (Å²) in [5.74, 6) is 0. The molecular formula is C15H24N2O. The van der Waals surface area contributed by atoms with E-state index in [2.05, 4.69) is 43.1 Å². The van der Waals surface area contributed by atoms with Crippen LogP contribution < -0.4 is 10.6 Å². The number of nitrogens with zero attached hydrogens (tertiary/aromatic N) is 1. The SMILES string of the molecule is CCC(N)Cc1ccccc1N(C)C1CCOC1. The van der Waals surface area contributed by atoms with Gasteiger partial charge in [-0.15, -0.1) is 0 Å². The largest absolute Gasteiger partial charge is 0.379 e. The van der Waals surface area contributed by atoms with E-state index in [9.17, 15) is 0 Å². The lowest BCUT2D eigenvalue weighted by atomic mass is 10.0. The molecule has 2 atom stereocenters. The fourth-order valence-corrected chi connectivity index (χ4v) is 2.48. The van der Waals surface area contributed by atoms with Crippen molar-refractivity contribution in [2.75, 3.05) is 25.2 Å². The van der Waals surface area contributed by atoms with E-state index in [0.717, 1.165) is 32.5 Å². The first-order chi connectivity index (χ1) is 8.72. The monoisotopic (exact) mass is 248 g/mol. The molecule has 2 rings (SSSR count). The van der Waals surface area contributed by atoms with Gasteiger partial charge in [0.15, 0.2) is 0 Å². The maximum Gasteiger partial charge on any atom is 0.0670 e. The molecule has 18 heavy (non-hydrogen) atoms. The van der Waals surface area contributed by atoms with E-state index < -0.39 is 0 Å². The second kappa shape index (κ2) is 6.21. The van der Waals surface area contributed by atoms with E-state index in [4.69, 9.17) is 10.5 Å². The molecule has 1 heterocycles. The first-order valence-corrected chi connectivity index (χ1v) is 6.86. The molecule has 1 aliphatic rings.